The Bertz CT molecular complexity index is 1260. The lowest BCUT2D eigenvalue weighted by Crippen LogP contribution is -2.25. The fourth-order valence-electron chi connectivity index (χ4n) is 3.86. The molecule has 1 aromatic heterocycles. The van der Waals surface area contributed by atoms with Crippen LogP contribution in [0.15, 0.2) is 71.2 Å². The molecule has 0 aliphatic rings. The maximum absolute atomic E-state index is 12.6. The molecule has 5 nitrogen and oxygen atoms in total. The molecule has 0 radical (unpaired) electrons. The molecule has 4 aromatic rings. The number of nitrogens with one attached hydrogen (secondary N) is 1. The van der Waals surface area contributed by atoms with Gasteiger partial charge in [0.25, 0.3) is 5.91 Å². The molecule has 4 rings (SSSR count). The molecule has 3 aromatic carbocycles. The highest BCUT2D eigenvalue weighted by molar-refractivity contribution is 9.10. The van der Waals surface area contributed by atoms with Crippen molar-refractivity contribution in [1.29, 1.82) is 0 Å². The minimum Gasteiger partial charge on any atom is -0.491 e. The van der Waals surface area contributed by atoms with Crippen LogP contribution in [0.5, 0.6) is 5.75 Å². The molecule has 170 valence electrons. The van der Waals surface area contributed by atoms with Crippen LogP contribution in [-0.4, -0.2) is 22.1 Å². The first-order valence-corrected chi connectivity index (χ1v) is 11.9. The molecule has 0 bridgehead atoms. The summed E-state index contributed by atoms with van der Waals surface area (Å²) in [6.45, 7) is 7.91. The minimum atomic E-state index is -0.126. The average molecular weight is 506 g/mol. The second kappa shape index (κ2) is 10.2. The highest BCUT2D eigenvalue weighted by Gasteiger charge is 2.14. The lowest BCUT2D eigenvalue weighted by atomic mass is 10.0. The van der Waals surface area contributed by atoms with Gasteiger partial charge in [-0.2, -0.15) is 0 Å². The van der Waals surface area contributed by atoms with Crippen LogP contribution in [-0.2, 0) is 13.1 Å². The van der Waals surface area contributed by atoms with Gasteiger partial charge in [0.05, 0.1) is 24.1 Å². The topological polar surface area (TPSA) is 56.1 Å². The number of imidazole rings is 1. The number of rotatable bonds is 8. The molecule has 0 unspecified atom stereocenters. The van der Waals surface area contributed by atoms with Gasteiger partial charge in [-0.05, 0) is 66.4 Å². The molecule has 0 aliphatic heterocycles. The molecule has 0 spiro atoms. The SMILES string of the molecule is Cc1ccc(C(C)C)c(OCCn2c(CNC(=O)c3ccc(Br)cc3)nc3ccccc32)c1. The molecular formula is C27H28BrN3O2. The Labute approximate surface area is 202 Å². The third kappa shape index (κ3) is 5.45. The summed E-state index contributed by atoms with van der Waals surface area (Å²) in [5, 5.41) is 3.00. The van der Waals surface area contributed by atoms with E-state index >= 15 is 0 Å². The van der Waals surface area contributed by atoms with E-state index in [1.54, 1.807) is 12.1 Å². The van der Waals surface area contributed by atoms with Gasteiger partial charge in [-0.3, -0.25) is 4.79 Å². The summed E-state index contributed by atoms with van der Waals surface area (Å²) in [5.41, 5.74) is 4.94. The van der Waals surface area contributed by atoms with Crippen LogP contribution in [0, 0.1) is 6.92 Å². The summed E-state index contributed by atoms with van der Waals surface area (Å²) in [4.78, 5) is 17.4. The van der Waals surface area contributed by atoms with Crippen LogP contribution in [0.1, 0.15) is 47.1 Å². The van der Waals surface area contributed by atoms with Gasteiger partial charge in [-0.15, -0.1) is 0 Å². The molecule has 0 fully saturated rings. The number of ether oxygens (including phenoxy) is 1. The zero-order valence-corrected chi connectivity index (χ0v) is 20.7. The molecule has 0 atom stereocenters. The molecule has 33 heavy (non-hydrogen) atoms. The lowest BCUT2D eigenvalue weighted by Gasteiger charge is -2.16. The van der Waals surface area contributed by atoms with E-state index in [0.717, 1.165) is 27.1 Å². The Hall–Kier alpha value is -3.12. The monoisotopic (exact) mass is 505 g/mol. The standard InChI is InChI=1S/C27H28BrN3O2/c1-18(2)22-13-8-19(3)16-25(22)33-15-14-31-24-7-5-4-6-23(24)30-26(31)17-29-27(32)20-9-11-21(28)12-10-20/h4-13,16,18H,14-15,17H2,1-3H3,(H,29,32). The van der Waals surface area contributed by atoms with Crippen molar-refractivity contribution in [3.8, 4) is 5.75 Å². The maximum Gasteiger partial charge on any atom is 0.251 e. The van der Waals surface area contributed by atoms with Gasteiger partial charge in [-0.1, -0.05) is 54.0 Å². The summed E-state index contributed by atoms with van der Waals surface area (Å²) < 4.78 is 9.29. The molecular weight excluding hydrogens is 478 g/mol. The molecule has 1 N–H and O–H groups in total. The number of benzene rings is 3. The Kier molecular flexibility index (Phi) is 7.14. The molecule has 1 amide bonds. The fourth-order valence-corrected chi connectivity index (χ4v) is 4.13. The van der Waals surface area contributed by atoms with Gasteiger partial charge in [0.15, 0.2) is 0 Å². The first-order chi connectivity index (χ1) is 15.9. The van der Waals surface area contributed by atoms with Crippen molar-refractivity contribution in [1.82, 2.24) is 14.9 Å². The molecule has 0 saturated heterocycles. The number of hydrogen-bond acceptors (Lipinski definition) is 3. The summed E-state index contributed by atoms with van der Waals surface area (Å²) in [5.74, 6) is 2.00. The fraction of sp³-hybridized carbons (Fsp3) is 0.259. The molecule has 6 heteroatoms. The van der Waals surface area contributed by atoms with E-state index in [4.69, 9.17) is 9.72 Å². The number of hydrogen-bond donors (Lipinski definition) is 1. The van der Waals surface area contributed by atoms with Gasteiger partial charge in [0.1, 0.15) is 18.2 Å². The van der Waals surface area contributed by atoms with Crippen molar-refractivity contribution in [3.63, 3.8) is 0 Å². The predicted octanol–water partition coefficient (Wildman–Crippen LogP) is 6.24. The average Bonchev–Trinajstić information content (AvgIpc) is 3.15. The van der Waals surface area contributed by atoms with Crippen LogP contribution < -0.4 is 10.1 Å². The highest BCUT2D eigenvalue weighted by Crippen LogP contribution is 2.27. The van der Waals surface area contributed by atoms with Crippen molar-refractivity contribution in [2.45, 2.75) is 39.8 Å². The molecule has 1 heterocycles. The van der Waals surface area contributed by atoms with E-state index in [9.17, 15) is 4.79 Å². The van der Waals surface area contributed by atoms with Crippen molar-refractivity contribution in [2.75, 3.05) is 6.61 Å². The smallest absolute Gasteiger partial charge is 0.251 e. The maximum atomic E-state index is 12.6. The van der Waals surface area contributed by atoms with Gasteiger partial charge >= 0.3 is 0 Å². The summed E-state index contributed by atoms with van der Waals surface area (Å²) in [7, 11) is 0. The number of aryl methyl sites for hydroxylation is 1. The number of carbonyl (C=O) groups is 1. The van der Waals surface area contributed by atoms with Crippen LogP contribution in [0.4, 0.5) is 0 Å². The highest BCUT2D eigenvalue weighted by atomic mass is 79.9. The number of amides is 1. The zero-order valence-electron chi connectivity index (χ0n) is 19.1. The molecule has 0 saturated carbocycles. The number of halogens is 1. The van der Waals surface area contributed by atoms with E-state index in [1.807, 2.05) is 30.3 Å². The number of nitrogens with zero attached hydrogens (tertiary/aromatic N) is 2. The Morgan fingerprint density at radius 2 is 1.85 bits per heavy atom. The van der Waals surface area contributed by atoms with E-state index in [1.165, 1.54) is 11.1 Å². The third-order valence-electron chi connectivity index (χ3n) is 5.61. The Morgan fingerprint density at radius 3 is 2.61 bits per heavy atom. The van der Waals surface area contributed by atoms with Crippen molar-refractivity contribution in [2.24, 2.45) is 0 Å². The van der Waals surface area contributed by atoms with Gasteiger partial charge in [-0.25, -0.2) is 4.98 Å². The lowest BCUT2D eigenvalue weighted by molar-refractivity contribution is 0.0949. The second-order valence-corrected chi connectivity index (χ2v) is 9.32. The third-order valence-corrected chi connectivity index (χ3v) is 6.14. The Morgan fingerprint density at radius 1 is 1.09 bits per heavy atom. The first kappa shape index (κ1) is 23.1. The van der Waals surface area contributed by atoms with Gasteiger partial charge in [0.2, 0.25) is 0 Å². The van der Waals surface area contributed by atoms with Gasteiger partial charge < -0.3 is 14.6 Å². The van der Waals surface area contributed by atoms with Crippen molar-refractivity contribution in [3.05, 3.63) is 93.7 Å². The van der Waals surface area contributed by atoms with Crippen LogP contribution in [0.3, 0.4) is 0 Å². The van der Waals surface area contributed by atoms with Crippen LogP contribution in [0.2, 0.25) is 0 Å². The Balaban J connectivity index is 1.50. The minimum absolute atomic E-state index is 0.126. The number of aromatic nitrogens is 2. The quantitative estimate of drug-likeness (QED) is 0.308. The number of fused-ring (bicyclic) bond motifs is 1. The van der Waals surface area contributed by atoms with Crippen LogP contribution >= 0.6 is 15.9 Å². The van der Waals surface area contributed by atoms with E-state index < -0.39 is 0 Å². The van der Waals surface area contributed by atoms with Crippen molar-refractivity contribution < 1.29 is 9.53 Å². The van der Waals surface area contributed by atoms with Crippen LogP contribution in [0.25, 0.3) is 11.0 Å². The van der Waals surface area contributed by atoms with Crippen molar-refractivity contribution >= 4 is 32.9 Å². The predicted molar refractivity (Wildman–Crippen MR) is 136 cm³/mol. The molecule has 0 aliphatic carbocycles. The number of para-hydroxylation sites is 2. The summed E-state index contributed by atoms with van der Waals surface area (Å²) >= 11 is 3.40. The largest absolute Gasteiger partial charge is 0.491 e. The van der Waals surface area contributed by atoms with E-state index in [2.05, 4.69) is 70.9 Å². The normalized spacial score (nSPS) is 11.2. The first-order valence-electron chi connectivity index (χ1n) is 11.1. The summed E-state index contributed by atoms with van der Waals surface area (Å²) in [6, 6.07) is 21.7. The zero-order chi connectivity index (χ0) is 23.4. The number of carbonyl (C=O) groups excluding carboxylic acids is 1. The second-order valence-electron chi connectivity index (χ2n) is 8.40. The van der Waals surface area contributed by atoms with E-state index in [-0.39, 0.29) is 5.91 Å². The van der Waals surface area contributed by atoms with E-state index in [0.29, 0.717) is 31.2 Å². The van der Waals surface area contributed by atoms with Gasteiger partial charge in [0, 0.05) is 10.0 Å². The summed E-state index contributed by atoms with van der Waals surface area (Å²) in [6.07, 6.45) is 0.